The Hall–Kier alpha value is -1.45. The van der Waals surface area contributed by atoms with E-state index in [1.54, 1.807) is 0 Å². The van der Waals surface area contributed by atoms with Crippen molar-refractivity contribution >= 4 is 5.91 Å². The first-order valence-electron chi connectivity index (χ1n) is 23.1. The largest absolute Gasteiger partial charge is 0.394 e. The van der Waals surface area contributed by atoms with Gasteiger partial charge in [0.15, 0.2) is 0 Å². The first-order valence-corrected chi connectivity index (χ1v) is 23.1. The molecule has 0 aromatic carbocycles. The van der Waals surface area contributed by atoms with Crippen LogP contribution in [0.5, 0.6) is 0 Å². The highest BCUT2D eigenvalue weighted by Gasteiger charge is 2.34. The molecule has 8 atom stereocenters. The molecule has 11 N–H and O–H groups in total. The van der Waals surface area contributed by atoms with E-state index in [0.717, 1.165) is 13.0 Å². The van der Waals surface area contributed by atoms with Crippen LogP contribution in [0.4, 0.5) is 0 Å². The first kappa shape index (κ1) is 65.5. The van der Waals surface area contributed by atoms with Gasteiger partial charge >= 0.3 is 0 Å². The third kappa shape index (κ3) is 39.9. The summed E-state index contributed by atoms with van der Waals surface area (Å²) in [5.41, 5.74) is 0. The van der Waals surface area contributed by atoms with Gasteiger partial charge in [-0.15, -0.1) is 0 Å². The molecule has 0 aliphatic carbocycles. The molecule has 0 aromatic rings. The van der Waals surface area contributed by atoms with Crippen molar-refractivity contribution in [3.63, 3.8) is 0 Å². The maximum absolute atomic E-state index is 12.3. The van der Waals surface area contributed by atoms with Crippen molar-refractivity contribution < 1.29 is 113 Å². The molecule has 0 saturated carbocycles. The van der Waals surface area contributed by atoms with Crippen molar-refractivity contribution in [1.82, 2.24) is 10.2 Å². The van der Waals surface area contributed by atoms with Gasteiger partial charge in [-0.25, -0.2) is 0 Å². The summed E-state index contributed by atoms with van der Waals surface area (Å²) >= 11 is 0. The van der Waals surface area contributed by atoms with Crippen molar-refractivity contribution in [3.8, 4) is 0 Å². The summed E-state index contributed by atoms with van der Waals surface area (Å²) in [6.45, 7) is 9.91. The van der Waals surface area contributed by atoms with Gasteiger partial charge in [-0.05, 0) is 6.42 Å². The summed E-state index contributed by atoms with van der Waals surface area (Å²) < 4.78 is 65.3. The van der Waals surface area contributed by atoms with Crippen LogP contribution in [0.1, 0.15) is 19.8 Å². The number of rotatable bonds is 53. The number of nitrogens with one attached hydrogen (secondary N) is 1. The molecule has 0 bridgehead atoms. The van der Waals surface area contributed by atoms with Crippen LogP contribution in [0.25, 0.3) is 0 Å². The van der Waals surface area contributed by atoms with Gasteiger partial charge in [0.25, 0.3) is 0 Å². The zero-order valence-electron chi connectivity index (χ0n) is 39.5. The summed E-state index contributed by atoms with van der Waals surface area (Å²) in [7, 11) is 0. The number of aliphatic hydroxyl groups is 10. The highest BCUT2D eigenvalue weighted by molar-refractivity contribution is 5.75. The molecule has 0 aromatic heterocycles. The van der Waals surface area contributed by atoms with Crippen LogP contribution in [-0.2, 0) is 61.6 Å². The second kappa shape index (κ2) is 48.2. The zero-order valence-corrected chi connectivity index (χ0v) is 39.5. The Bertz CT molecular complexity index is 1020. The zero-order chi connectivity index (χ0) is 49.6. The molecule has 1 amide bonds. The summed E-state index contributed by atoms with van der Waals surface area (Å²) in [4.78, 5) is 13.6. The fourth-order valence-corrected chi connectivity index (χ4v) is 5.40. The third-order valence-electron chi connectivity index (χ3n) is 9.21. The minimum atomic E-state index is -1.92. The second-order valence-corrected chi connectivity index (χ2v) is 14.8. The van der Waals surface area contributed by atoms with E-state index in [9.17, 15) is 45.6 Å². The normalized spacial score (nSPS) is 15.6. The molecule has 402 valence electrons. The maximum Gasteiger partial charge on any atom is 0.222 e. The molecule has 0 saturated heterocycles. The van der Waals surface area contributed by atoms with E-state index in [4.69, 9.17) is 67.1 Å². The number of carbonyl (C=O) groups excluding carboxylic acids is 1. The first-order chi connectivity index (χ1) is 32.5. The van der Waals surface area contributed by atoms with E-state index < -0.39 is 81.0 Å². The van der Waals surface area contributed by atoms with E-state index in [1.807, 2.05) is 0 Å². The van der Waals surface area contributed by atoms with Crippen LogP contribution in [-0.4, -0.2) is 309 Å². The Morgan fingerprint density at radius 2 is 0.627 bits per heavy atom. The monoisotopic (exact) mass is 987 g/mol. The van der Waals surface area contributed by atoms with Crippen molar-refractivity contribution in [3.05, 3.63) is 0 Å². The molecule has 0 rings (SSSR count). The van der Waals surface area contributed by atoms with Gasteiger partial charge in [-0.1, -0.05) is 6.92 Å². The Morgan fingerprint density at radius 1 is 0.388 bits per heavy atom. The van der Waals surface area contributed by atoms with Crippen molar-refractivity contribution in [2.75, 3.05) is 198 Å². The van der Waals surface area contributed by atoms with Gasteiger partial charge in [0.05, 0.1) is 177 Å². The van der Waals surface area contributed by atoms with Crippen molar-refractivity contribution in [1.29, 1.82) is 0 Å². The fraction of sp³-hybridized carbons (Fsp3) is 0.976. The number of aliphatic hydroxyl groups excluding tert-OH is 10. The summed E-state index contributed by atoms with van der Waals surface area (Å²) in [6.07, 6.45) is -13.6. The Balaban J connectivity index is 3.71. The molecular weight excluding hydrogens is 900 g/mol. The molecule has 25 heteroatoms. The third-order valence-corrected chi connectivity index (χ3v) is 9.21. The topological polar surface area (TPSA) is 345 Å². The molecular formula is C42H86N2O23. The summed E-state index contributed by atoms with van der Waals surface area (Å²) in [5.74, 6) is -0.392. The van der Waals surface area contributed by atoms with E-state index in [-0.39, 0.29) is 39.3 Å². The minimum absolute atomic E-state index is 0.00171. The SMILES string of the molecule is CCCOCCOCCOCCOCCOCCOCCOCCOCCOCCOCCOCCOCCC(=O)NCCN(C[C@H](O)[C@@H](O)[C@H](O)[C@H](O)CO)C[C@H](O)[C@@H](O)[C@H](O)[C@H](O)CO. The lowest BCUT2D eigenvalue weighted by atomic mass is 10.0. The second-order valence-electron chi connectivity index (χ2n) is 14.8. The molecule has 0 heterocycles. The van der Waals surface area contributed by atoms with E-state index >= 15 is 0 Å². The van der Waals surface area contributed by atoms with Crippen molar-refractivity contribution in [2.24, 2.45) is 0 Å². The smallest absolute Gasteiger partial charge is 0.222 e. The maximum atomic E-state index is 12.3. The standard InChI is InChI=1S/C42H86N2O23/c1-2-6-56-8-10-58-12-14-60-16-18-62-20-22-64-24-26-66-28-29-67-27-25-65-23-21-63-19-17-61-15-13-59-11-9-57-7-3-38(51)43-4-5-44(30-34(47)39(52)41(54)36(49)32-45)31-35(48)40(53)42(55)37(50)33-46/h34-37,39-42,45-50,52-55H,2-33H2,1H3,(H,43,51)/t34-,35-,36+,37+,39+,40+,41+,42+/m0/s1. The number of carbonyl (C=O) groups is 1. The lowest BCUT2D eigenvalue weighted by molar-refractivity contribution is -0.130. The minimum Gasteiger partial charge on any atom is -0.394 e. The van der Waals surface area contributed by atoms with Crippen LogP contribution >= 0.6 is 0 Å². The van der Waals surface area contributed by atoms with E-state index in [2.05, 4.69) is 12.2 Å². The predicted molar refractivity (Wildman–Crippen MR) is 236 cm³/mol. The van der Waals surface area contributed by atoms with Gasteiger partial charge in [0.2, 0.25) is 5.91 Å². The van der Waals surface area contributed by atoms with Crippen molar-refractivity contribution in [2.45, 2.75) is 68.6 Å². The lowest BCUT2D eigenvalue weighted by Crippen LogP contribution is -2.54. The number of hydrogen-bond acceptors (Lipinski definition) is 24. The fourth-order valence-electron chi connectivity index (χ4n) is 5.40. The average Bonchev–Trinajstić information content (AvgIpc) is 3.33. The van der Waals surface area contributed by atoms with Crippen LogP contribution < -0.4 is 5.32 Å². The summed E-state index contributed by atoms with van der Waals surface area (Å²) in [5, 5.41) is 101. The van der Waals surface area contributed by atoms with Gasteiger partial charge in [0.1, 0.15) is 36.6 Å². The molecule has 0 aliphatic heterocycles. The number of hydrogen-bond donors (Lipinski definition) is 11. The number of nitrogens with zero attached hydrogens (tertiary/aromatic N) is 1. The Labute approximate surface area is 394 Å². The molecule has 25 nitrogen and oxygen atoms in total. The average molecular weight is 987 g/mol. The Kier molecular flexibility index (Phi) is 47.1. The van der Waals surface area contributed by atoms with Gasteiger partial charge in [-0.3, -0.25) is 9.69 Å². The van der Waals surface area contributed by atoms with Crippen LogP contribution in [0.2, 0.25) is 0 Å². The highest BCUT2D eigenvalue weighted by Crippen LogP contribution is 2.11. The highest BCUT2D eigenvalue weighted by atomic mass is 16.6. The van der Waals surface area contributed by atoms with Gasteiger partial charge in [-0.2, -0.15) is 0 Å². The number of amides is 1. The van der Waals surface area contributed by atoms with E-state index in [0.29, 0.717) is 132 Å². The van der Waals surface area contributed by atoms with Crippen LogP contribution in [0.15, 0.2) is 0 Å². The number of ether oxygens (including phenoxy) is 12. The molecule has 0 unspecified atom stereocenters. The predicted octanol–water partition coefficient (Wildman–Crippen LogP) is -5.72. The molecule has 0 fully saturated rings. The van der Waals surface area contributed by atoms with Crippen LogP contribution in [0, 0.1) is 0 Å². The quantitative estimate of drug-likeness (QED) is 0.0253. The molecule has 0 aliphatic rings. The molecule has 0 spiro atoms. The van der Waals surface area contributed by atoms with Gasteiger partial charge < -0.3 is 113 Å². The molecule has 0 radical (unpaired) electrons. The summed E-state index contributed by atoms with van der Waals surface area (Å²) in [6, 6.07) is 0. The Morgan fingerprint density at radius 3 is 0.881 bits per heavy atom. The molecule has 67 heavy (non-hydrogen) atoms. The van der Waals surface area contributed by atoms with E-state index in [1.165, 1.54) is 4.90 Å². The van der Waals surface area contributed by atoms with Crippen LogP contribution in [0.3, 0.4) is 0 Å². The lowest BCUT2D eigenvalue weighted by Gasteiger charge is -2.33. The van der Waals surface area contributed by atoms with Gasteiger partial charge in [0, 0.05) is 39.2 Å².